The maximum Gasteiger partial charge on any atom is 0.0573 e. The van der Waals surface area contributed by atoms with Gasteiger partial charge in [0, 0.05) is 15.0 Å². The zero-order valence-electron chi connectivity index (χ0n) is 9.47. The average Bonchev–Trinajstić information content (AvgIpc) is 2.84. The summed E-state index contributed by atoms with van der Waals surface area (Å²) in [4.78, 5) is 1.25. The van der Waals surface area contributed by atoms with Crippen molar-refractivity contribution >= 4 is 21.4 Å². The fraction of sp³-hybridized carbons (Fsp3) is 0.200. The highest BCUT2D eigenvalue weighted by Crippen LogP contribution is 2.39. The summed E-state index contributed by atoms with van der Waals surface area (Å²) < 4.78 is 1.29. The van der Waals surface area contributed by atoms with Gasteiger partial charge in [-0.2, -0.15) is 0 Å². The Labute approximate surface area is 105 Å². The SMILES string of the molecule is OCC1(c2cc3ccccc3s2)C=CC=CC1. The molecule has 1 heterocycles. The van der Waals surface area contributed by atoms with Crippen molar-refractivity contribution in [1.82, 2.24) is 0 Å². The van der Waals surface area contributed by atoms with Gasteiger partial charge in [0.05, 0.1) is 6.61 Å². The molecule has 1 aromatic heterocycles. The largest absolute Gasteiger partial charge is 0.395 e. The van der Waals surface area contributed by atoms with E-state index in [0.29, 0.717) is 0 Å². The van der Waals surface area contributed by atoms with Gasteiger partial charge in [0.1, 0.15) is 0 Å². The lowest BCUT2D eigenvalue weighted by Gasteiger charge is -2.27. The molecule has 1 aliphatic rings. The summed E-state index contributed by atoms with van der Waals surface area (Å²) >= 11 is 1.78. The molecule has 17 heavy (non-hydrogen) atoms. The maximum absolute atomic E-state index is 9.74. The molecule has 3 rings (SSSR count). The topological polar surface area (TPSA) is 20.2 Å². The van der Waals surface area contributed by atoms with Crippen LogP contribution in [-0.2, 0) is 5.41 Å². The van der Waals surface area contributed by atoms with Crippen LogP contribution in [0, 0.1) is 0 Å². The molecule has 0 aliphatic heterocycles. The molecule has 86 valence electrons. The Morgan fingerprint density at radius 3 is 2.82 bits per heavy atom. The fourth-order valence-corrected chi connectivity index (χ4v) is 3.50. The Bertz CT molecular complexity index is 561. The Morgan fingerprint density at radius 1 is 1.24 bits per heavy atom. The Balaban J connectivity index is 2.13. The molecule has 0 fully saturated rings. The first-order valence-electron chi connectivity index (χ1n) is 5.78. The third-order valence-electron chi connectivity index (χ3n) is 3.34. The van der Waals surface area contributed by atoms with Gasteiger partial charge in [-0.05, 0) is 23.9 Å². The number of hydrogen-bond acceptors (Lipinski definition) is 2. The van der Waals surface area contributed by atoms with E-state index >= 15 is 0 Å². The molecule has 1 aromatic carbocycles. The fourth-order valence-electron chi connectivity index (χ4n) is 2.27. The highest BCUT2D eigenvalue weighted by Gasteiger charge is 2.30. The zero-order chi connectivity index (χ0) is 11.7. The number of aliphatic hydroxyl groups is 1. The van der Waals surface area contributed by atoms with Crippen molar-refractivity contribution in [2.45, 2.75) is 11.8 Å². The summed E-state index contributed by atoms with van der Waals surface area (Å²) in [7, 11) is 0. The van der Waals surface area contributed by atoms with Gasteiger partial charge in [0.15, 0.2) is 0 Å². The van der Waals surface area contributed by atoms with Gasteiger partial charge in [-0.1, -0.05) is 42.5 Å². The normalized spacial score (nSPS) is 23.4. The summed E-state index contributed by atoms with van der Waals surface area (Å²) in [6.07, 6.45) is 9.20. The summed E-state index contributed by atoms with van der Waals surface area (Å²) in [5.74, 6) is 0. The van der Waals surface area contributed by atoms with E-state index in [2.05, 4.69) is 42.5 Å². The van der Waals surface area contributed by atoms with Crippen LogP contribution in [0.5, 0.6) is 0 Å². The first-order chi connectivity index (χ1) is 8.34. The molecule has 0 saturated heterocycles. The van der Waals surface area contributed by atoms with Crippen LogP contribution in [-0.4, -0.2) is 11.7 Å². The van der Waals surface area contributed by atoms with Crippen LogP contribution in [0.1, 0.15) is 11.3 Å². The van der Waals surface area contributed by atoms with Gasteiger partial charge in [-0.3, -0.25) is 0 Å². The van der Waals surface area contributed by atoms with Crippen LogP contribution in [0.3, 0.4) is 0 Å². The van der Waals surface area contributed by atoms with Crippen LogP contribution >= 0.6 is 11.3 Å². The third-order valence-corrected chi connectivity index (χ3v) is 4.68. The monoisotopic (exact) mass is 242 g/mol. The Hall–Kier alpha value is -1.38. The first kappa shape index (κ1) is 10.8. The predicted octanol–water partition coefficient (Wildman–Crippen LogP) is 3.65. The minimum atomic E-state index is -0.210. The molecule has 1 unspecified atom stereocenters. The molecular formula is C15H14OS. The first-order valence-corrected chi connectivity index (χ1v) is 6.60. The molecule has 1 atom stereocenters. The molecule has 1 N–H and O–H groups in total. The molecule has 0 saturated carbocycles. The van der Waals surface area contributed by atoms with Crippen LogP contribution in [0.15, 0.2) is 54.6 Å². The third kappa shape index (κ3) is 1.74. The lowest BCUT2D eigenvalue weighted by atomic mass is 9.81. The van der Waals surface area contributed by atoms with Crippen LogP contribution < -0.4 is 0 Å². The molecule has 0 bridgehead atoms. The number of thiophene rings is 1. The van der Waals surface area contributed by atoms with Crippen molar-refractivity contribution in [2.75, 3.05) is 6.61 Å². The smallest absolute Gasteiger partial charge is 0.0573 e. The van der Waals surface area contributed by atoms with Gasteiger partial charge in [0.2, 0.25) is 0 Å². The molecule has 0 amide bonds. The van der Waals surface area contributed by atoms with Gasteiger partial charge in [-0.25, -0.2) is 0 Å². The van der Waals surface area contributed by atoms with Crippen LogP contribution in [0.2, 0.25) is 0 Å². The number of aliphatic hydroxyl groups excluding tert-OH is 1. The summed E-state index contributed by atoms with van der Waals surface area (Å²) in [5.41, 5.74) is -0.210. The summed E-state index contributed by atoms with van der Waals surface area (Å²) in [6, 6.07) is 10.6. The van der Waals surface area contributed by atoms with Crippen molar-refractivity contribution in [1.29, 1.82) is 0 Å². The maximum atomic E-state index is 9.74. The second kappa shape index (κ2) is 4.13. The molecule has 2 heteroatoms. The second-order valence-electron chi connectivity index (χ2n) is 4.45. The lowest BCUT2D eigenvalue weighted by molar-refractivity contribution is 0.227. The van der Waals surface area contributed by atoms with E-state index in [0.717, 1.165) is 6.42 Å². The van der Waals surface area contributed by atoms with Crippen molar-refractivity contribution in [3.05, 3.63) is 59.5 Å². The number of allylic oxidation sites excluding steroid dienone is 3. The van der Waals surface area contributed by atoms with E-state index in [9.17, 15) is 5.11 Å². The Morgan fingerprint density at radius 2 is 2.12 bits per heavy atom. The lowest BCUT2D eigenvalue weighted by Crippen LogP contribution is -2.27. The molecule has 0 spiro atoms. The van der Waals surface area contributed by atoms with Gasteiger partial charge < -0.3 is 5.11 Å². The zero-order valence-corrected chi connectivity index (χ0v) is 10.3. The van der Waals surface area contributed by atoms with Crippen LogP contribution in [0.25, 0.3) is 10.1 Å². The number of rotatable bonds is 2. The average molecular weight is 242 g/mol. The molecule has 2 aromatic rings. The highest BCUT2D eigenvalue weighted by molar-refractivity contribution is 7.19. The van der Waals surface area contributed by atoms with Crippen LogP contribution in [0.4, 0.5) is 0 Å². The quantitative estimate of drug-likeness (QED) is 0.852. The Kier molecular flexibility index (Phi) is 2.61. The number of benzene rings is 1. The number of fused-ring (bicyclic) bond motifs is 1. The van der Waals surface area contributed by atoms with Gasteiger partial charge in [-0.15, -0.1) is 11.3 Å². The predicted molar refractivity (Wildman–Crippen MR) is 73.5 cm³/mol. The minimum Gasteiger partial charge on any atom is -0.395 e. The molecule has 0 radical (unpaired) electrons. The minimum absolute atomic E-state index is 0.167. The van der Waals surface area contributed by atoms with Crippen molar-refractivity contribution in [2.24, 2.45) is 0 Å². The van der Waals surface area contributed by atoms with Crippen molar-refractivity contribution in [3.8, 4) is 0 Å². The van der Waals surface area contributed by atoms with E-state index in [1.54, 1.807) is 11.3 Å². The van der Waals surface area contributed by atoms with Crippen molar-refractivity contribution < 1.29 is 5.11 Å². The summed E-state index contributed by atoms with van der Waals surface area (Å²) in [6.45, 7) is 0.167. The van der Waals surface area contributed by atoms with E-state index < -0.39 is 0 Å². The summed E-state index contributed by atoms with van der Waals surface area (Å²) in [5, 5.41) is 11.0. The van der Waals surface area contributed by atoms with E-state index in [1.165, 1.54) is 15.0 Å². The molecule has 1 aliphatic carbocycles. The van der Waals surface area contributed by atoms with E-state index in [4.69, 9.17) is 0 Å². The van der Waals surface area contributed by atoms with Crippen molar-refractivity contribution in [3.63, 3.8) is 0 Å². The number of hydrogen-bond donors (Lipinski definition) is 1. The molecule has 1 nitrogen and oxygen atoms in total. The van der Waals surface area contributed by atoms with E-state index in [-0.39, 0.29) is 12.0 Å². The van der Waals surface area contributed by atoms with Gasteiger partial charge in [0.25, 0.3) is 0 Å². The second-order valence-corrected chi connectivity index (χ2v) is 5.54. The highest BCUT2D eigenvalue weighted by atomic mass is 32.1. The van der Waals surface area contributed by atoms with E-state index in [1.807, 2.05) is 12.2 Å². The standard InChI is InChI=1S/C15H14OS/c16-11-15(8-4-1-5-9-15)14-10-12-6-2-3-7-13(12)17-14/h1-8,10,16H,9,11H2. The molecular weight excluding hydrogens is 228 g/mol. The van der Waals surface area contributed by atoms with Gasteiger partial charge >= 0.3 is 0 Å².